The highest BCUT2D eigenvalue weighted by atomic mass is 19.4. The van der Waals surface area contributed by atoms with E-state index in [1.807, 2.05) is 0 Å². The normalized spacial score (nSPS) is 10.5. The van der Waals surface area contributed by atoms with Crippen LogP contribution in [0.4, 0.5) is 17.6 Å². The van der Waals surface area contributed by atoms with E-state index in [0.29, 0.717) is 5.69 Å². The maximum Gasteiger partial charge on any atom is 0.490 e. The van der Waals surface area contributed by atoms with Gasteiger partial charge in [0, 0.05) is 12.3 Å². The number of hydrogen-bond acceptors (Lipinski definition) is 3. The lowest BCUT2D eigenvalue weighted by atomic mass is 10.2. The summed E-state index contributed by atoms with van der Waals surface area (Å²) in [7, 11) is 0. The number of nitrogens with two attached hydrogens (primary N) is 1. The van der Waals surface area contributed by atoms with Gasteiger partial charge in [0.15, 0.2) is 0 Å². The van der Waals surface area contributed by atoms with Gasteiger partial charge in [-0.3, -0.25) is 14.2 Å². The molecule has 0 aliphatic rings. The highest BCUT2D eigenvalue weighted by Gasteiger charge is 2.38. The Balaban J connectivity index is 0.000000351. The van der Waals surface area contributed by atoms with Crippen molar-refractivity contribution in [3.8, 4) is 5.69 Å². The number of carboxylic acid groups (broad SMARTS) is 1. The van der Waals surface area contributed by atoms with Gasteiger partial charge >= 0.3 is 12.1 Å². The minimum absolute atomic E-state index is 0.197. The van der Waals surface area contributed by atoms with Crippen LogP contribution < -0.4 is 11.3 Å². The summed E-state index contributed by atoms with van der Waals surface area (Å²) in [6.45, 7) is 0. The molecule has 6 nitrogen and oxygen atoms in total. The molecule has 0 atom stereocenters. The van der Waals surface area contributed by atoms with Crippen molar-refractivity contribution in [3.63, 3.8) is 0 Å². The van der Waals surface area contributed by atoms with Crippen molar-refractivity contribution >= 4 is 11.9 Å². The molecule has 0 bridgehead atoms. The molecule has 0 aliphatic carbocycles. The molecule has 2 aromatic rings. The fourth-order valence-corrected chi connectivity index (χ4v) is 1.49. The first-order chi connectivity index (χ1) is 11.0. The third kappa shape index (κ3) is 4.93. The van der Waals surface area contributed by atoms with E-state index in [1.165, 1.54) is 29.0 Å². The predicted octanol–water partition coefficient (Wildman–Crippen LogP) is 1.71. The number of alkyl halides is 3. The second kappa shape index (κ2) is 7.40. The van der Waals surface area contributed by atoms with Crippen LogP contribution in [0.15, 0.2) is 47.4 Å². The number of primary amides is 1. The van der Waals surface area contributed by atoms with Crippen molar-refractivity contribution in [1.82, 2.24) is 4.57 Å². The summed E-state index contributed by atoms with van der Waals surface area (Å²) in [5.74, 6) is -4.34. The Morgan fingerprint density at radius 3 is 2.12 bits per heavy atom. The van der Waals surface area contributed by atoms with Crippen LogP contribution in [0.25, 0.3) is 5.69 Å². The van der Waals surface area contributed by atoms with Gasteiger partial charge in [0.1, 0.15) is 5.82 Å². The van der Waals surface area contributed by atoms with Crippen LogP contribution in [0, 0.1) is 5.82 Å². The van der Waals surface area contributed by atoms with Crippen LogP contribution in [0.3, 0.4) is 0 Å². The number of amides is 1. The Hall–Kier alpha value is -3.17. The Morgan fingerprint density at radius 1 is 1.12 bits per heavy atom. The minimum Gasteiger partial charge on any atom is -0.475 e. The van der Waals surface area contributed by atoms with Gasteiger partial charge in [-0.2, -0.15) is 13.2 Å². The number of nitrogens with zero attached hydrogens (tertiary/aromatic N) is 1. The second-order valence-electron chi connectivity index (χ2n) is 4.24. The summed E-state index contributed by atoms with van der Waals surface area (Å²) in [4.78, 5) is 31.2. The predicted molar refractivity (Wildman–Crippen MR) is 74.2 cm³/mol. The van der Waals surface area contributed by atoms with Crippen LogP contribution in [0.5, 0.6) is 0 Å². The quantitative estimate of drug-likeness (QED) is 0.808. The first-order valence-electron chi connectivity index (χ1n) is 6.11. The number of rotatable bonds is 2. The number of pyridine rings is 1. The maximum atomic E-state index is 13.5. The van der Waals surface area contributed by atoms with Gasteiger partial charge in [-0.1, -0.05) is 6.07 Å². The fraction of sp³-hybridized carbons (Fsp3) is 0.0714. The number of aliphatic carboxylic acids is 1. The van der Waals surface area contributed by atoms with E-state index in [-0.39, 0.29) is 11.1 Å². The topological polar surface area (TPSA) is 102 Å². The summed E-state index contributed by atoms with van der Waals surface area (Å²) >= 11 is 0. The molecule has 2 rings (SSSR count). The Bertz CT molecular complexity index is 815. The van der Waals surface area contributed by atoms with E-state index in [2.05, 4.69) is 0 Å². The molecule has 0 fully saturated rings. The Morgan fingerprint density at radius 2 is 1.71 bits per heavy atom. The van der Waals surface area contributed by atoms with Gasteiger partial charge in [-0.05, 0) is 24.3 Å². The molecule has 1 aromatic carbocycles. The van der Waals surface area contributed by atoms with E-state index >= 15 is 0 Å². The van der Waals surface area contributed by atoms with Crippen molar-refractivity contribution in [2.24, 2.45) is 5.73 Å². The van der Waals surface area contributed by atoms with Crippen LogP contribution in [-0.4, -0.2) is 27.7 Å². The molecule has 0 spiro atoms. The molecule has 128 valence electrons. The molecule has 1 heterocycles. The number of carbonyl (C=O) groups excluding carboxylic acids is 1. The zero-order chi connectivity index (χ0) is 18.5. The highest BCUT2D eigenvalue weighted by molar-refractivity contribution is 5.93. The molecular formula is C14H10F4N2O4. The number of aromatic nitrogens is 1. The molecular weight excluding hydrogens is 336 g/mol. The molecule has 24 heavy (non-hydrogen) atoms. The summed E-state index contributed by atoms with van der Waals surface area (Å²) in [5.41, 5.74) is 4.86. The van der Waals surface area contributed by atoms with Gasteiger partial charge in [0.25, 0.3) is 11.5 Å². The highest BCUT2D eigenvalue weighted by Crippen LogP contribution is 2.13. The Labute approximate surface area is 131 Å². The zero-order valence-corrected chi connectivity index (χ0v) is 11.7. The number of hydrogen-bond donors (Lipinski definition) is 2. The summed E-state index contributed by atoms with van der Waals surface area (Å²) in [6, 6.07) is 8.42. The molecule has 0 aliphatic heterocycles. The van der Waals surface area contributed by atoms with Gasteiger partial charge in [-0.25, -0.2) is 9.18 Å². The Kier molecular flexibility index (Phi) is 5.82. The molecule has 1 amide bonds. The number of halogens is 4. The number of benzene rings is 1. The van der Waals surface area contributed by atoms with Crippen LogP contribution in [0.1, 0.15) is 10.4 Å². The van der Waals surface area contributed by atoms with Crippen LogP contribution >= 0.6 is 0 Å². The van der Waals surface area contributed by atoms with Crippen LogP contribution in [0.2, 0.25) is 0 Å². The van der Waals surface area contributed by atoms with Gasteiger partial charge < -0.3 is 10.8 Å². The zero-order valence-electron chi connectivity index (χ0n) is 11.7. The third-order valence-corrected chi connectivity index (χ3v) is 2.56. The molecule has 0 saturated carbocycles. The first kappa shape index (κ1) is 18.9. The van der Waals surface area contributed by atoms with Crippen molar-refractivity contribution in [1.29, 1.82) is 0 Å². The van der Waals surface area contributed by atoms with Gasteiger partial charge in [0.2, 0.25) is 0 Å². The van der Waals surface area contributed by atoms with E-state index in [4.69, 9.17) is 15.6 Å². The summed E-state index contributed by atoms with van der Waals surface area (Å²) in [5, 5.41) is 7.12. The lowest BCUT2D eigenvalue weighted by Crippen LogP contribution is -2.21. The van der Waals surface area contributed by atoms with Crippen molar-refractivity contribution in [2.75, 3.05) is 0 Å². The standard InChI is InChI=1S/C12H9FN2O2.C2HF3O2/c13-10-7-8(4-5-9(10)12(14)17)15-6-2-1-3-11(15)16;3-2(4,5)1(6)7/h1-7H,(H2,14,17);(H,6,7). The largest absolute Gasteiger partial charge is 0.490 e. The number of carboxylic acids is 1. The van der Waals surface area contributed by atoms with Gasteiger partial charge in [0.05, 0.1) is 11.3 Å². The smallest absolute Gasteiger partial charge is 0.475 e. The van der Waals surface area contributed by atoms with Gasteiger partial charge in [-0.15, -0.1) is 0 Å². The molecule has 0 unspecified atom stereocenters. The van der Waals surface area contributed by atoms with E-state index in [1.54, 1.807) is 12.1 Å². The lowest BCUT2D eigenvalue weighted by Gasteiger charge is -2.06. The third-order valence-electron chi connectivity index (χ3n) is 2.56. The van der Waals surface area contributed by atoms with E-state index in [0.717, 1.165) is 6.07 Å². The van der Waals surface area contributed by atoms with Crippen LogP contribution in [-0.2, 0) is 4.79 Å². The SMILES string of the molecule is NC(=O)c1ccc(-n2ccccc2=O)cc1F.O=C(O)C(F)(F)F. The van der Waals surface area contributed by atoms with E-state index < -0.39 is 23.9 Å². The van der Waals surface area contributed by atoms with Crippen molar-refractivity contribution in [3.05, 3.63) is 64.3 Å². The van der Waals surface area contributed by atoms with Crippen molar-refractivity contribution < 1.29 is 32.3 Å². The molecule has 0 saturated heterocycles. The second-order valence-corrected chi connectivity index (χ2v) is 4.24. The lowest BCUT2D eigenvalue weighted by molar-refractivity contribution is -0.192. The molecule has 10 heteroatoms. The maximum absolute atomic E-state index is 13.5. The van der Waals surface area contributed by atoms with E-state index in [9.17, 15) is 27.2 Å². The first-order valence-corrected chi connectivity index (χ1v) is 6.11. The number of carbonyl (C=O) groups is 2. The summed E-state index contributed by atoms with van der Waals surface area (Å²) < 4.78 is 46.5. The fourth-order valence-electron chi connectivity index (χ4n) is 1.49. The monoisotopic (exact) mass is 346 g/mol. The molecule has 1 aromatic heterocycles. The average Bonchev–Trinajstić information content (AvgIpc) is 2.46. The molecule has 0 radical (unpaired) electrons. The average molecular weight is 346 g/mol. The van der Waals surface area contributed by atoms with Crippen molar-refractivity contribution in [2.45, 2.75) is 6.18 Å². The molecule has 3 N–H and O–H groups in total. The summed E-state index contributed by atoms with van der Waals surface area (Å²) in [6.07, 6.45) is -3.57. The minimum atomic E-state index is -5.08.